The van der Waals surface area contributed by atoms with Crippen molar-refractivity contribution in [3.05, 3.63) is 95.0 Å². The lowest BCUT2D eigenvalue weighted by molar-refractivity contribution is -0.139. The van der Waals surface area contributed by atoms with E-state index in [0.29, 0.717) is 17.1 Å². The van der Waals surface area contributed by atoms with Gasteiger partial charge in [-0.2, -0.15) is 0 Å². The first kappa shape index (κ1) is 30.6. The summed E-state index contributed by atoms with van der Waals surface area (Å²) in [6, 6.07) is 21.6. The summed E-state index contributed by atoms with van der Waals surface area (Å²) < 4.78 is 29.1. The molecule has 218 valence electrons. The standard InChI is InChI=1S/C32H38ClN3O4S/c1-3-26-12-10-11-17-30(26)36(41(39,40)29-15-8-5-9-16-29)23-31(37)35(22-25-18-20-27(33)21-19-25)24(2)32(38)34-28-13-6-4-7-14-28/h5,8-12,15-21,24,28H,3-4,6-7,13-14,22-23H2,1-2H3,(H,34,38)/t24-/m0/s1. The van der Waals surface area contributed by atoms with Crippen molar-refractivity contribution in [3.63, 3.8) is 0 Å². The van der Waals surface area contributed by atoms with Crippen molar-refractivity contribution < 1.29 is 18.0 Å². The first-order chi connectivity index (χ1) is 19.7. The van der Waals surface area contributed by atoms with Gasteiger partial charge in [-0.25, -0.2) is 8.42 Å². The first-order valence-electron chi connectivity index (χ1n) is 14.2. The van der Waals surface area contributed by atoms with Crippen molar-refractivity contribution in [2.24, 2.45) is 0 Å². The number of nitrogens with zero attached hydrogens (tertiary/aromatic N) is 2. The van der Waals surface area contributed by atoms with Crippen LogP contribution < -0.4 is 9.62 Å². The molecular weight excluding hydrogens is 558 g/mol. The van der Waals surface area contributed by atoms with Crippen LogP contribution in [0.1, 0.15) is 57.1 Å². The Bertz CT molecular complexity index is 1420. The molecule has 0 radical (unpaired) electrons. The van der Waals surface area contributed by atoms with Crippen LogP contribution in [0.4, 0.5) is 5.69 Å². The third-order valence-corrected chi connectivity index (χ3v) is 9.66. The Morgan fingerprint density at radius 1 is 0.927 bits per heavy atom. The van der Waals surface area contributed by atoms with E-state index in [-0.39, 0.29) is 23.4 Å². The van der Waals surface area contributed by atoms with Crippen LogP contribution in [0.3, 0.4) is 0 Å². The zero-order valence-electron chi connectivity index (χ0n) is 23.6. The van der Waals surface area contributed by atoms with Gasteiger partial charge in [0.05, 0.1) is 10.6 Å². The van der Waals surface area contributed by atoms with Crippen molar-refractivity contribution in [1.82, 2.24) is 10.2 Å². The van der Waals surface area contributed by atoms with E-state index >= 15 is 0 Å². The van der Waals surface area contributed by atoms with Gasteiger partial charge in [0.25, 0.3) is 10.0 Å². The number of sulfonamides is 1. The molecule has 9 heteroatoms. The number of aryl methyl sites for hydroxylation is 1. The van der Waals surface area contributed by atoms with E-state index < -0.39 is 28.5 Å². The maximum absolute atomic E-state index is 14.1. The molecule has 1 fully saturated rings. The molecule has 3 aromatic carbocycles. The largest absolute Gasteiger partial charge is 0.352 e. The van der Waals surface area contributed by atoms with Crippen molar-refractivity contribution in [2.75, 3.05) is 10.8 Å². The van der Waals surface area contributed by atoms with Gasteiger partial charge in [0, 0.05) is 17.6 Å². The first-order valence-corrected chi connectivity index (χ1v) is 16.0. The van der Waals surface area contributed by atoms with E-state index in [4.69, 9.17) is 11.6 Å². The Hall–Kier alpha value is -3.36. The number of hydrogen-bond acceptors (Lipinski definition) is 4. The fourth-order valence-electron chi connectivity index (χ4n) is 5.22. The highest BCUT2D eigenvalue weighted by Crippen LogP contribution is 2.28. The molecule has 1 aliphatic rings. The summed E-state index contributed by atoms with van der Waals surface area (Å²) in [5, 5.41) is 3.68. The molecule has 1 saturated carbocycles. The predicted molar refractivity (Wildman–Crippen MR) is 163 cm³/mol. The number of hydrogen-bond donors (Lipinski definition) is 1. The molecule has 0 aromatic heterocycles. The number of para-hydroxylation sites is 1. The van der Waals surface area contributed by atoms with Gasteiger partial charge in [0.1, 0.15) is 12.6 Å². The van der Waals surface area contributed by atoms with Crippen LogP contribution in [0.5, 0.6) is 0 Å². The van der Waals surface area contributed by atoms with Crippen LogP contribution in [-0.4, -0.2) is 43.8 Å². The molecule has 1 N–H and O–H groups in total. The summed E-state index contributed by atoms with van der Waals surface area (Å²) in [6.07, 6.45) is 5.71. The van der Waals surface area contributed by atoms with Gasteiger partial charge in [0.15, 0.2) is 0 Å². The topological polar surface area (TPSA) is 86.8 Å². The second kappa shape index (κ2) is 14.0. The number of benzene rings is 3. The normalized spacial score (nSPS) is 14.7. The monoisotopic (exact) mass is 595 g/mol. The zero-order valence-corrected chi connectivity index (χ0v) is 25.2. The van der Waals surface area contributed by atoms with Gasteiger partial charge in [-0.15, -0.1) is 0 Å². The van der Waals surface area contributed by atoms with E-state index in [2.05, 4.69) is 5.32 Å². The van der Waals surface area contributed by atoms with Crippen molar-refractivity contribution in [3.8, 4) is 0 Å². The smallest absolute Gasteiger partial charge is 0.264 e. The van der Waals surface area contributed by atoms with E-state index in [1.807, 2.05) is 19.1 Å². The summed E-state index contributed by atoms with van der Waals surface area (Å²) in [5.74, 6) is -0.720. The van der Waals surface area contributed by atoms with Crippen LogP contribution in [0.2, 0.25) is 5.02 Å². The fourth-order valence-corrected chi connectivity index (χ4v) is 6.82. The van der Waals surface area contributed by atoms with Gasteiger partial charge in [-0.3, -0.25) is 13.9 Å². The Labute approximate surface area is 248 Å². The maximum atomic E-state index is 14.1. The summed E-state index contributed by atoms with van der Waals surface area (Å²) in [7, 11) is -4.09. The van der Waals surface area contributed by atoms with E-state index in [1.54, 1.807) is 61.5 Å². The maximum Gasteiger partial charge on any atom is 0.264 e. The average molecular weight is 596 g/mol. The highest BCUT2D eigenvalue weighted by atomic mass is 35.5. The quantitative estimate of drug-likeness (QED) is 0.296. The lowest BCUT2D eigenvalue weighted by Crippen LogP contribution is -2.53. The molecule has 2 amide bonds. The fraction of sp³-hybridized carbons (Fsp3) is 0.375. The number of anilines is 1. The molecule has 0 saturated heterocycles. The van der Waals surface area contributed by atoms with Gasteiger partial charge in [0.2, 0.25) is 11.8 Å². The van der Waals surface area contributed by atoms with Gasteiger partial charge in [-0.05, 0) is 67.6 Å². The highest BCUT2D eigenvalue weighted by Gasteiger charge is 2.33. The Balaban J connectivity index is 1.69. The molecule has 41 heavy (non-hydrogen) atoms. The van der Waals surface area contributed by atoms with E-state index in [1.165, 1.54) is 21.3 Å². The van der Waals surface area contributed by atoms with Crippen molar-refractivity contribution in [1.29, 1.82) is 0 Å². The minimum atomic E-state index is -4.09. The summed E-state index contributed by atoms with van der Waals surface area (Å²) >= 11 is 6.09. The number of amides is 2. The molecule has 0 bridgehead atoms. The Morgan fingerprint density at radius 3 is 2.22 bits per heavy atom. The third-order valence-electron chi connectivity index (χ3n) is 7.64. The van der Waals surface area contributed by atoms with E-state index in [9.17, 15) is 18.0 Å². The van der Waals surface area contributed by atoms with E-state index in [0.717, 1.165) is 43.2 Å². The van der Waals surface area contributed by atoms with Crippen LogP contribution in [-0.2, 0) is 32.6 Å². The average Bonchev–Trinajstić information content (AvgIpc) is 3.00. The molecule has 0 spiro atoms. The highest BCUT2D eigenvalue weighted by molar-refractivity contribution is 7.92. The predicted octanol–water partition coefficient (Wildman–Crippen LogP) is 5.96. The Kier molecular flexibility index (Phi) is 10.5. The second-order valence-electron chi connectivity index (χ2n) is 10.5. The molecule has 4 rings (SSSR count). The van der Waals surface area contributed by atoms with Crippen molar-refractivity contribution in [2.45, 2.75) is 75.9 Å². The number of rotatable bonds is 11. The number of halogens is 1. The lowest BCUT2D eigenvalue weighted by atomic mass is 9.95. The molecule has 0 aliphatic heterocycles. The van der Waals surface area contributed by atoms with Crippen LogP contribution in [0, 0.1) is 0 Å². The lowest BCUT2D eigenvalue weighted by Gasteiger charge is -2.33. The van der Waals surface area contributed by atoms with Crippen LogP contribution in [0.15, 0.2) is 83.8 Å². The second-order valence-corrected chi connectivity index (χ2v) is 12.8. The van der Waals surface area contributed by atoms with Crippen molar-refractivity contribution >= 4 is 39.1 Å². The van der Waals surface area contributed by atoms with Gasteiger partial charge < -0.3 is 10.2 Å². The number of carbonyl (C=O) groups is 2. The van der Waals surface area contributed by atoms with Gasteiger partial charge >= 0.3 is 0 Å². The Morgan fingerprint density at radius 2 is 1.56 bits per heavy atom. The summed E-state index contributed by atoms with van der Waals surface area (Å²) in [6.45, 7) is 3.31. The molecule has 3 aromatic rings. The summed E-state index contributed by atoms with van der Waals surface area (Å²) in [5.41, 5.74) is 2.02. The van der Waals surface area contributed by atoms with Crippen LogP contribution >= 0.6 is 11.6 Å². The molecular formula is C32H38ClN3O4S. The molecule has 0 unspecified atom stereocenters. The minimum absolute atomic E-state index is 0.0811. The molecule has 1 aliphatic carbocycles. The number of nitrogens with one attached hydrogen (secondary N) is 1. The minimum Gasteiger partial charge on any atom is -0.352 e. The van der Waals surface area contributed by atoms with Crippen LogP contribution in [0.25, 0.3) is 0 Å². The third kappa shape index (κ3) is 7.68. The molecule has 1 atom stereocenters. The summed E-state index contributed by atoms with van der Waals surface area (Å²) in [4.78, 5) is 29.1. The van der Waals surface area contributed by atoms with Gasteiger partial charge in [-0.1, -0.05) is 86.3 Å². The number of carbonyl (C=O) groups excluding carboxylic acids is 2. The zero-order chi connectivity index (χ0) is 29.4. The molecule has 7 nitrogen and oxygen atoms in total. The molecule has 0 heterocycles. The SMILES string of the molecule is CCc1ccccc1N(CC(=O)N(Cc1ccc(Cl)cc1)[C@@H](C)C(=O)NC1CCCCC1)S(=O)(=O)c1ccccc1.